The Hall–Kier alpha value is -1.26. The first-order chi connectivity index (χ1) is 9.72. The molecule has 0 aromatic heterocycles. The lowest BCUT2D eigenvalue weighted by Gasteiger charge is -2.07. The maximum Gasteiger partial charge on any atom is 0.220 e. The second-order valence-corrected chi connectivity index (χ2v) is 4.83. The molecule has 0 heterocycles. The highest BCUT2D eigenvalue weighted by Crippen LogP contribution is 2.12. The number of amides is 1. The van der Waals surface area contributed by atoms with Crippen LogP contribution in [0.3, 0.4) is 0 Å². The third kappa shape index (κ3) is 10.2. The van der Waals surface area contributed by atoms with Gasteiger partial charge in [-0.25, -0.2) is 0 Å². The van der Waals surface area contributed by atoms with Gasteiger partial charge in [0.2, 0.25) is 5.91 Å². The molecule has 0 spiro atoms. The summed E-state index contributed by atoms with van der Waals surface area (Å²) in [6.45, 7) is 7.23. The fourth-order valence-corrected chi connectivity index (χ4v) is 1.84. The zero-order valence-corrected chi connectivity index (χ0v) is 13.8. The SMILES string of the molecule is CCNCCNC(=O)CCCCOc1cccc(C)c1.Cl. The first-order valence-corrected chi connectivity index (χ1v) is 7.39. The molecule has 0 aliphatic heterocycles. The van der Waals surface area contributed by atoms with Gasteiger partial charge < -0.3 is 15.4 Å². The van der Waals surface area contributed by atoms with Crippen LogP contribution in [0.1, 0.15) is 31.7 Å². The van der Waals surface area contributed by atoms with E-state index in [2.05, 4.69) is 17.6 Å². The lowest BCUT2D eigenvalue weighted by Crippen LogP contribution is -2.31. The quantitative estimate of drug-likeness (QED) is 0.653. The van der Waals surface area contributed by atoms with E-state index in [4.69, 9.17) is 4.74 Å². The van der Waals surface area contributed by atoms with Crippen LogP contribution in [0.2, 0.25) is 0 Å². The van der Waals surface area contributed by atoms with E-state index in [1.165, 1.54) is 5.56 Å². The third-order valence-corrected chi connectivity index (χ3v) is 2.93. The number of carbonyl (C=O) groups excluding carboxylic acids is 1. The van der Waals surface area contributed by atoms with Gasteiger partial charge in [0.1, 0.15) is 5.75 Å². The molecule has 5 heteroatoms. The second-order valence-electron chi connectivity index (χ2n) is 4.83. The van der Waals surface area contributed by atoms with Crippen molar-refractivity contribution in [1.82, 2.24) is 10.6 Å². The van der Waals surface area contributed by atoms with E-state index in [0.717, 1.165) is 31.7 Å². The van der Waals surface area contributed by atoms with Gasteiger partial charge in [-0.3, -0.25) is 4.79 Å². The third-order valence-electron chi connectivity index (χ3n) is 2.93. The van der Waals surface area contributed by atoms with Crippen LogP contribution >= 0.6 is 12.4 Å². The Morgan fingerprint density at radius 1 is 1.24 bits per heavy atom. The number of likely N-dealkylation sites (N-methyl/N-ethyl adjacent to an activating group) is 1. The van der Waals surface area contributed by atoms with Crippen LogP contribution in [-0.2, 0) is 4.79 Å². The van der Waals surface area contributed by atoms with Crippen molar-refractivity contribution >= 4 is 18.3 Å². The van der Waals surface area contributed by atoms with Crippen LogP contribution in [0.25, 0.3) is 0 Å². The minimum atomic E-state index is 0. The highest BCUT2D eigenvalue weighted by atomic mass is 35.5. The summed E-state index contributed by atoms with van der Waals surface area (Å²) in [5.41, 5.74) is 1.20. The molecule has 2 N–H and O–H groups in total. The van der Waals surface area contributed by atoms with E-state index >= 15 is 0 Å². The van der Waals surface area contributed by atoms with Gasteiger partial charge >= 0.3 is 0 Å². The van der Waals surface area contributed by atoms with Gasteiger partial charge in [-0.1, -0.05) is 19.1 Å². The lowest BCUT2D eigenvalue weighted by atomic mass is 10.2. The van der Waals surface area contributed by atoms with Gasteiger partial charge in [0, 0.05) is 19.5 Å². The van der Waals surface area contributed by atoms with Gasteiger partial charge in [0.05, 0.1) is 6.61 Å². The molecule has 0 unspecified atom stereocenters. The number of hydrogen-bond acceptors (Lipinski definition) is 3. The number of hydrogen-bond donors (Lipinski definition) is 2. The van der Waals surface area contributed by atoms with Crippen molar-refractivity contribution in [3.05, 3.63) is 29.8 Å². The Labute approximate surface area is 134 Å². The normalized spacial score (nSPS) is 9.81. The molecule has 1 aromatic carbocycles. The molecule has 0 saturated heterocycles. The number of rotatable bonds is 10. The summed E-state index contributed by atoms with van der Waals surface area (Å²) in [4.78, 5) is 11.5. The predicted octanol–water partition coefficient (Wildman–Crippen LogP) is 2.69. The van der Waals surface area contributed by atoms with Crippen molar-refractivity contribution in [2.24, 2.45) is 0 Å². The van der Waals surface area contributed by atoms with Crippen LogP contribution in [0.4, 0.5) is 0 Å². The van der Waals surface area contributed by atoms with E-state index in [-0.39, 0.29) is 18.3 Å². The molecule has 1 amide bonds. The van der Waals surface area contributed by atoms with E-state index in [1.807, 2.05) is 31.2 Å². The lowest BCUT2D eigenvalue weighted by molar-refractivity contribution is -0.121. The summed E-state index contributed by atoms with van der Waals surface area (Å²) in [5.74, 6) is 1.03. The molecule has 120 valence electrons. The molecule has 21 heavy (non-hydrogen) atoms. The summed E-state index contributed by atoms with van der Waals surface area (Å²) in [7, 11) is 0. The predicted molar refractivity (Wildman–Crippen MR) is 89.3 cm³/mol. The van der Waals surface area contributed by atoms with E-state index in [1.54, 1.807) is 0 Å². The van der Waals surface area contributed by atoms with E-state index < -0.39 is 0 Å². The number of halogens is 1. The summed E-state index contributed by atoms with van der Waals surface area (Å²) in [6, 6.07) is 8.01. The van der Waals surface area contributed by atoms with Crippen molar-refractivity contribution in [3.8, 4) is 5.75 Å². The van der Waals surface area contributed by atoms with Gasteiger partial charge in [-0.05, 0) is 44.0 Å². The Bertz CT molecular complexity index is 400. The van der Waals surface area contributed by atoms with E-state index in [9.17, 15) is 4.79 Å². The molecule has 0 aliphatic rings. The maximum atomic E-state index is 11.5. The number of aryl methyl sites for hydroxylation is 1. The highest BCUT2D eigenvalue weighted by Gasteiger charge is 2.00. The average Bonchev–Trinajstić information content (AvgIpc) is 2.43. The first-order valence-electron chi connectivity index (χ1n) is 7.39. The minimum absolute atomic E-state index is 0. The molecular formula is C16H27ClN2O2. The van der Waals surface area contributed by atoms with Crippen LogP contribution in [0, 0.1) is 6.92 Å². The van der Waals surface area contributed by atoms with Crippen molar-refractivity contribution in [2.45, 2.75) is 33.1 Å². The smallest absolute Gasteiger partial charge is 0.220 e. The molecule has 1 aromatic rings. The summed E-state index contributed by atoms with van der Waals surface area (Å²) in [6.07, 6.45) is 2.33. The second kappa shape index (κ2) is 12.5. The molecule has 0 bridgehead atoms. The first kappa shape index (κ1) is 19.7. The van der Waals surface area contributed by atoms with Gasteiger partial charge in [0.15, 0.2) is 0 Å². The summed E-state index contributed by atoms with van der Waals surface area (Å²) >= 11 is 0. The Morgan fingerprint density at radius 2 is 2.05 bits per heavy atom. The molecule has 0 fully saturated rings. The number of ether oxygens (including phenoxy) is 1. The highest BCUT2D eigenvalue weighted by molar-refractivity contribution is 5.85. The number of benzene rings is 1. The van der Waals surface area contributed by atoms with Crippen molar-refractivity contribution in [3.63, 3.8) is 0 Å². The zero-order valence-electron chi connectivity index (χ0n) is 13.0. The molecular weight excluding hydrogens is 288 g/mol. The zero-order chi connectivity index (χ0) is 14.6. The minimum Gasteiger partial charge on any atom is -0.494 e. The van der Waals surface area contributed by atoms with Gasteiger partial charge in [-0.15, -0.1) is 12.4 Å². The van der Waals surface area contributed by atoms with Crippen LogP contribution in [0.5, 0.6) is 5.75 Å². The van der Waals surface area contributed by atoms with E-state index in [0.29, 0.717) is 19.6 Å². The fraction of sp³-hybridized carbons (Fsp3) is 0.562. The Kier molecular flexibility index (Phi) is 11.7. The Balaban J connectivity index is 0.00000400. The largest absolute Gasteiger partial charge is 0.494 e. The van der Waals surface area contributed by atoms with Crippen molar-refractivity contribution in [2.75, 3.05) is 26.2 Å². The fourth-order valence-electron chi connectivity index (χ4n) is 1.84. The maximum absolute atomic E-state index is 11.5. The number of unbranched alkanes of at least 4 members (excludes halogenated alkanes) is 1. The van der Waals surface area contributed by atoms with Gasteiger partial charge in [-0.2, -0.15) is 0 Å². The van der Waals surface area contributed by atoms with Crippen molar-refractivity contribution < 1.29 is 9.53 Å². The molecule has 0 atom stereocenters. The average molecular weight is 315 g/mol. The van der Waals surface area contributed by atoms with Crippen LogP contribution < -0.4 is 15.4 Å². The molecule has 1 rings (SSSR count). The topological polar surface area (TPSA) is 50.4 Å². The van der Waals surface area contributed by atoms with Gasteiger partial charge in [0.25, 0.3) is 0 Å². The molecule has 4 nitrogen and oxygen atoms in total. The van der Waals surface area contributed by atoms with Crippen LogP contribution in [0.15, 0.2) is 24.3 Å². The van der Waals surface area contributed by atoms with Crippen LogP contribution in [-0.4, -0.2) is 32.1 Å². The monoisotopic (exact) mass is 314 g/mol. The molecule has 0 saturated carbocycles. The summed E-state index contributed by atoms with van der Waals surface area (Å²) in [5, 5.41) is 6.06. The number of carbonyl (C=O) groups is 1. The molecule has 0 aliphatic carbocycles. The summed E-state index contributed by atoms with van der Waals surface area (Å²) < 4.78 is 5.64. The van der Waals surface area contributed by atoms with Crippen molar-refractivity contribution in [1.29, 1.82) is 0 Å². The standard InChI is InChI=1S/C16H26N2O2.ClH/c1-3-17-10-11-18-16(19)9-4-5-12-20-15-8-6-7-14(2)13-15;/h6-8,13,17H,3-5,9-12H2,1-2H3,(H,18,19);1H. The Morgan fingerprint density at radius 3 is 2.76 bits per heavy atom. The molecule has 0 radical (unpaired) electrons. The number of nitrogens with one attached hydrogen (secondary N) is 2.